The van der Waals surface area contributed by atoms with Crippen LogP contribution in [0.2, 0.25) is 0 Å². The normalized spacial score (nSPS) is 15.0. The van der Waals surface area contributed by atoms with E-state index in [1.54, 1.807) is 4.68 Å². The molecule has 0 spiro atoms. The summed E-state index contributed by atoms with van der Waals surface area (Å²) in [6.45, 7) is 2.70. The fraction of sp³-hybridized carbons (Fsp3) is 0.545. The molecule has 3 rings (SSSR count). The molecule has 2 aromatic rings. The van der Waals surface area contributed by atoms with E-state index in [-0.39, 0.29) is 0 Å². The highest BCUT2D eigenvalue weighted by atomic mass is 32.1. The maximum Gasteiger partial charge on any atom is 0.300 e. The van der Waals surface area contributed by atoms with Crippen molar-refractivity contribution in [3.63, 3.8) is 0 Å². The van der Waals surface area contributed by atoms with Crippen LogP contribution in [0.1, 0.15) is 23.5 Å². The van der Waals surface area contributed by atoms with Gasteiger partial charge in [-0.25, -0.2) is 4.68 Å². The number of rotatable bonds is 5. The van der Waals surface area contributed by atoms with E-state index in [1.165, 1.54) is 24.2 Å². The Bertz CT molecular complexity index is 545. The number of hydrogen-bond donors (Lipinski definition) is 1. The molecule has 6 nitrogen and oxygen atoms in total. The highest BCUT2D eigenvalue weighted by molar-refractivity contribution is 7.13. The smallest absolute Gasteiger partial charge is 0.300 e. The van der Waals surface area contributed by atoms with Crippen molar-refractivity contribution in [1.82, 2.24) is 25.3 Å². The molecular weight excluding hydrogens is 250 g/mol. The van der Waals surface area contributed by atoms with E-state index in [0.717, 1.165) is 17.2 Å². The van der Waals surface area contributed by atoms with E-state index in [1.807, 2.05) is 20.0 Å². The molecule has 0 radical (unpaired) electrons. The van der Waals surface area contributed by atoms with Gasteiger partial charge in [0.2, 0.25) is 5.88 Å². The molecule has 0 atom stereocenters. The third-order valence-electron chi connectivity index (χ3n) is 2.72. The summed E-state index contributed by atoms with van der Waals surface area (Å²) in [5, 5.41) is 17.3. The van der Waals surface area contributed by atoms with Gasteiger partial charge in [0.1, 0.15) is 5.01 Å². The first-order chi connectivity index (χ1) is 8.70. The van der Waals surface area contributed by atoms with Gasteiger partial charge < -0.3 is 10.1 Å². The average molecular weight is 265 g/mol. The van der Waals surface area contributed by atoms with Gasteiger partial charge in [0.05, 0.1) is 12.2 Å². The third kappa shape index (κ3) is 2.68. The molecule has 0 amide bonds. The monoisotopic (exact) mass is 265 g/mol. The summed E-state index contributed by atoms with van der Waals surface area (Å²) < 4.78 is 7.34. The molecule has 0 unspecified atom stereocenters. The van der Waals surface area contributed by atoms with Crippen LogP contribution in [0.3, 0.4) is 0 Å². The molecule has 0 saturated heterocycles. The van der Waals surface area contributed by atoms with Crippen LogP contribution in [0.25, 0.3) is 0 Å². The quantitative estimate of drug-likeness (QED) is 0.890. The minimum atomic E-state index is 0.561. The van der Waals surface area contributed by atoms with Gasteiger partial charge in [0, 0.05) is 19.2 Å². The molecule has 0 aliphatic heterocycles. The van der Waals surface area contributed by atoms with Crippen LogP contribution in [0, 0.1) is 6.92 Å². The van der Waals surface area contributed by atoms with Gasteiger partial charge in [-0.15, -0.1) is 5.10 Å². The van der Waals surface area contributed by atoms with Crippen molar-refractivity contribution in [2.75, 3.05) is 0 Å². The van der Waals surface area contributed by atoms with Crippen molar-refractivity contribution in [1.29, 1.82) is 0 Å². The lowest BCUT2D eigenvalue weighted by atomic mass is 10.5. The topological polar surface area (TPSA) is 64.9 Å². The number of nitrogens with zero attached hydrogens (tertiary/aromatic N) is 4. The van der Waals surface area contributed by atoms with Crippen molar-refractivity contribution in [3.8, 4) is 11.1 Å². The predicted molar refractivity (Wildman–Crippen MR) is 67.8 cm³/mol. The van der Waals surface area contributed by atoms with E-state index in [9.17, 15) is 0 Å². The Kier molecular flexibility index (Phi) is 3.00. The molecule has 7 heteroatoms. The molecule has 2 aromatic heterocycles. The Hall–Kier alpha value is -1.47. The second-order valence-corrected chi connectivity index (χ2v) is 5.49. The SMILES string of the molecule is Cc1cc(Oc2nnc(CNC3CC3)s2)n(C)n1. The van der Waals surface area contributed by atoms with E-state index in [0.29, 0.717) is 17.1 Å². The van der Waals surface area contributed by atoms with Crippen LogP contribution in [0.5, 0.6) is 11.1 Å². The Morgan fingerprint density at radius 2 is 2.33 bits per heavy atom. The minimum Gasteiger partial charge on any atom is -0.411 e. The zero-order valence-corrected chi connectivity index (χ0v) is 11.2. The molecule has 2 heterocycles. The van der Waals surface area contributed by atoms with Crippen LogP contribution in [0.15, 0.2) is 6.07 Å². The second kappa shape index (κ2) is 4.66. The molecule has 1 N–H and O–H groups in total. The van der Waals surface area contributed by atoms with Gasteiger partial charge in [0.15, 0.2) is 0 Å². The van der Waals surface area contributed by atoms with Crippen LogP contribution in [-0.4, -0.2) is 26.0 Å². The van der Waals surface area contributed by atoms with Gasteiger partial charge in [0.25, 0.3) is 0 Å². The van der Waals surface area contributed by atoms with Crippen molar-refractivity contribution in [2.45, 2.75) is 32.4 Å². The summed E-state index contributed by atoms with van der Waals surface area (Å²) in [6.07, 6.45) is 2.55. The molecule has 96 valence electrons. The van der Waals surface area contributed by atoms with Crippen LogP contribution < -0.4 is 10.1 Å². The highest BCUT2D eigenvalue weighted by Gasteiger charge is 2.21. The fourth-order valence-corrected chi connectivity index (χ4v) is 2.29. The van der Waals surface area contributed by atoms with Crippen molar-refractivity contribution >= 4 is 11.3 Å². The summed E-state index contributed by atoms with van der Waals surface area (Å²) in [4.78, 5) is 0. The fourth-order valence-electron chi connectivity index (χ4n) is 1.64. The molecule has 1 fully saturated rings. The van der Waals surface area contributed by atoms with Crippen molar-refractivity contribution in [3.05, 3.63) is 16.8 Å². The maximum absolute atomic E-state index is 5.65. The first-order valence-electron chi connectivity index (χ1n) is 5.95. The number of aryl methyl sites for hydroxylation is 2. The lowest BCUT2D eigenvalue weighted by molar-refractivity contribution is 0.424. The number of aromatic nitrogens is 4. The molecule has 1 aliphatic carbocycles. The second-order valence-electron chi connectivity index (χ2n) is 4.47. The molecule has 18 heavy (non-hydrogen) atoms. The summed E-state index contributed by atoms with van der Waals surface area (Å²) in [7, 11) is 1.85. The van der Waals surface area contributed by atoms with Gasteiger partial charge >= 0.3 is 5.19 Å². The lowest BCUT2D eigenvalue weighted by Crippen LogP contribution is -2.14. The summed E-state index contributed by atoms with van der Waals surface area (Å²) in [6, 6.07) is 2.56. The average Bonchev–Trinajstić information content (AvgIpc) is 2.97. The highest BCUT2D eigenvalue weighted by Crippen LogP contribution is 2.26. The Morgan fingerprint density at radius 3 is 3.00 bits per heavy atom. The Labute approximate surface area is 109 Å². The van der Waals surface area contributed by atoms with Crippen molar-refractivity contribution in [2.24, 2.45) is 7.05 Å². The number of ether oxygens (including phenoxy) is 1. The van der Waals surface area contributed by atoms with Gasteiger partial charge in [-0.2, -0.15) is 5.10 Å². The van der Waals surface area contributed by atoms with E-state index in [4.69, 9.17) is 4.74 Å². The van der Waals surface area contributed by atoms with Crippen LogP contribution in [0.4, 0.5) is 0 Å². The molecule has 0 aromatic carbocycles. The minimum absolute atomic E-state index is 0.561. The van der Waals surface area contributed by atoms with Gasteiger partial charge in [-0.3, -0.25) is 0 Å². The van der Waals surface area contributed by atoms with Gasteiger partial charge in [-0.05, 0) is 19.8 Å². The van der Waals surface area contributed by atoms with E-state index >= 15 is 0 Å². The van der Waals surface area contributed by atoms with Crippen LogP contribution in [-0.2, 0) is 13.6 Å². The summed E-state index contributed by atoms with van der Waals surface area (Å²) in [5.41, 5.74) is 0.924. The molecular formula is C11H15N5OS. The third-order valence-corrected chi connectivity index (χ3v) is 3.52. The van der Waals surface area contributed by atoms with E-state index in [2.05, 4.69) is 20.6 Å². The Balaban J connectivity index is 1.63. The maximum atomic E-state index is 5.65. The van der Waals surface area contributed by atoms with E-state index < -0.39 is 0 Å². The predicted octanol–water partition coefficient (Wildman–Crippen LogP) is 1.62. The van der Waals surface area contributed by atoms with Crippen molar-refractivity contribution < 1.29 is 4.74 Å². The molecule has 0 bridgehead atoms. The first-order valence-corrected chi connectivity index (χ1v) is 6.76. The zero-order valence-electron chi connectivity index (χ0n) is 10.4. The lowest BCUT2D eigenvalue weighted by Gasteiger charge is -1.99. The Morgan fingerprint density at radius 1 is 1.50 bits per heavy atom. The molecule has 1 saturated carbocycles. The zero-order chi connectivity index (χ0) is 12.5. The first kappa shape index (κ1) is 11.6. The summed E-state index contributed by atoms with van der Waals surface area (Å²) in [5.74, 6) is 0.686. The molecule has 1 aliphatic rings. The van der Waals surface area contributed by atoms with Crippen LogP contribution >= 0.6 is 11.3 Å². The van der Waals surface area contributed by atoms with Gasteiger partial charge in [-0.1, -0.05) is 16.4 Å². The summed E-state index contributed by atoms with van der Waals surface area (Å²) >= 11 is 1.47. The largest absolute Gasteiger partial charge is 0.411 e. The number of nitrogens with one attached hydrogen (secondary N) is 1. The standard InChI is InChI=1S/C11H15N5OS/c1-7-5-10(16(2)15-7)17-11-14-13-9(18-11)6-12-8-3-4-8/h5,8,12H,3-4,6H2,1-2H3. The number of hydrogen-bond acceptors (Lipinski definition) is 6.